The van der Waals surface area contributed by atoms with Crippen molar-refractivity contribution in [3.63, 3.8) is 0 Å². The predicted molar refractivity (Wildman–Crippen MR) is 62.4 cm³/mol. The first-order valence-corrected chi connectivity index (χ1v) is 5.73. The first-order chi connectivity index (χ1) is 6.48. The van der Waals surface area contributed by atoms with Gasteiger partial charge in [0.25, 0.3) is 0 Å². The van der Waals surface area contributed by atoms with E-state index in [1.165, 1.54) is 20.8 Å². The Bertz CT molecular complexity index is 463. The molecule has 2 heteroatoms. The monoisotopic (exact) mass is 247 g/mol. The van der Waals surface area contributed by atoms with Gasteiger partial charge in [0.1, 0.15) is 0 Å². The summed E-state index contributed by atoms with van der Waals surface area (Å²) in [6.07, 6.45) is 2.12. The van der Waals surface area contributed by atoms with Crippen LogP contribution in [0.25, 0.3) is 10.9 Å². The molecule has 1 aromatic heterocycles. The van der Waals surface area contributed by atoms with E-state index in [2.05, 4.69) is 67.0 Å². The van der Waals surface area contributed by atoms with Crippen LogP contribution in [0.3, 0.4) is 0 Å². The van der Waals surface area contributed by atoms with Gasteiger partial charge in [-0.2, -0.15) is 0 Å². The van der Waals surface area contributed by atoms with Crippen molar-refractivity contribution in [2.24, 2.45) is 0 Å². The molecule has 0 atom stereocenters. The molecule has 0 aliphatic carbocycles. The van der Waals surface area contributed by atoms with Gasteiger partial charge in [-0.25, -0.2) is 0 Å². The number of nitrogens with one attached hydrogen (secondary N) is 1. The van der Waals surface area contributed by atoms with Crippen LogP contribution >= 0.6 is 0 Å². The molecule has 0 aliphatic rings. The summed E-state index contributed by atoms with van der Waals surface area (Å²) in [6.45, 7) is 6.73. The van der Waals surface area contributed by atoms with Gasteiger partial charge < -0.3 is 0 Å². The average Bonchev–Trinajstić information content (AvgIpc) is 2.45. The van der Waals surface area contributed by atoms with Crippen LogP contribution in [-0.4, -0.2) is 21.8 Å². The van der Waals surface area contributed by atoms with Gasteiger partial charge in [0, 0.05) is 0 Å². The van der Waals surface area contributed by atoms with Crippen molar-refractivity contribution in [1.29, 1.82) is 0 Å². The molecule has 0 saturated heterocycles. The van der Waals surface area contributed by atoms with Crippen LogP contribution in [-0.2, 0) is 5.41 Å². The SMILES string of the molecule is CC(C)(C)c1c[nH]c2ccc([As])cc12. The Kier molecular flexibility index (Phi) is 2.23. The van der Waals surface area contributed by atoms with Gasteiger partial charge in [-0.15, -0.1) is 0 Å². The van der Waals surface area contributed by atoms with Crippen molar-refractivity contribution in [3.8, 4) is 0 Å². The van der Waals surface area contributed by atoms with E-state index in [9.17, 15) is 0 Å². The minimum atomic E-state index is 0.207. The molecule has 2 aromatic rings. The molecule has 1 heterocycles. The molecule has 0 fully saturated rings. The molecule has 0 saturated carbocycles. The quantitative estimate of drug-likeness (QED) is 0.687. The fourth-order valence-corrected chi connectivity index (χ4v) is 2.16. The van der Waals surface area contributed by atoms with Crippen molar-refractivity contribution in [2.45, 2.75) is 26.2 Å². The topological polar surface area (TPSA) is 15.8 Å². The average molecular weight is 247 g/mol. The molecule has 1 aromatic carbocycles. The Hall–Kier alpha value is -0.682. The van der Waals surface area contributed by atoms with E-state index in [1.54, 1.807) is 0 Å². The Morgan fingerprint density at radius 1 is 1.21 bits per heavy atom. The molecule has 0 bridgehead atoms. The second-order valence-corrected chi connectivity index (χ2v) is 5.77. The number of aromatic amines is 1. The van der Waals surface area contributed by atoms with Crippen molar-refractivity contribution in [2.75, 3.05) is 0 Å². The summed E-state index contributed by atoms with van der Waals surface area (Å²) in [7, 11) is 0. The van der Waals surface area contributed by atoms with Crippen LogP contribution in [0.4, 0.5) is 0 Å². The molecule has 0 unspecified atom stereocenters. The second kappa shape index (κ2) is 3.17. The second-order valence-electron chi connectivity index (χ2n) is 4.68. The van der Waals surface area contributed by atoms with E-state index in [4.69, 9.17) is 0 Å². The number of fused-ring (bicyclic) bond motifs is 1. The summed E-state index contributed by atoms with van der Waals surface area (Å²) < 4.78 is 1.26. The number of hydrogen-bond acceptors (Lipinski definition) is 0. The third-order valence-electron chi connectivity index (χ3n) is 2.47. The number of benzene rings is 1. The van der Waals surface area contributed by atoms with Gasteiger partial charge >= 0.3 is 93.2 Å². The Labute approximate surface area is 93.4 Å². The molecule has 72 valence electrons. The first-order valence-electron chi connectivity index (χ1n) is 4.79. The van der Waals surface area contributed by atoms with Crippen LogP contribution in [0.15, 0.2) is 24.4 Å². The third-order valence-corrected chi connectivity index (χ3v) is 3.06. The molecular weight excluding hydrogens is 233 g/mol. The van der Waals surface area contributed by atoms with Gasteiger partial charge in [-0.05, 0) is 0 Å². The van der Waals surface area contributed by atoms with E-state index < -0.39 is 0 Å². The van der Waals surface area contributed by atoms with E-state index in [1.807, 2.05) is 0 Å². The van der Waals surface area contributed by atoms with Crippen molar-refractivity contribution >= 4 is 32.1 Å². The Morgan fingerprint density at radius 3 is 2.57 bits per heavy atom. The summed E-state index contributed by atoms with van der Waals surface area (Å²) >= 11 is 2.59. The van der Waals surface area contributed by atoms with Crippen molar-refractivity contribution in [1.82, 2.24) is 4.98 Å². The number of aromatic nitrogens is 1. The summed E-state index contributed by atoms with van der Waals surface area (Å²) in [6, 6.07) is 6.48. The van der Waals surface area contributed by atoms with Crippen LogP contribution in [0.1, 0.15) is 26.3 Å². The van der Waals surface area contributed by atoms with E-state index in [0.717, 1.165) is 0 Å². The minimum absolute atomic E-state index is 0.207. The summed E-state index contributed by atoms with van der Waals surface area (Å²) in [5.41, 5.74) is 2.82. The van der Waals surface area contributed by atoms with E-state index >= 15 is 0 Å². The molecule has 1 nitrogen and oxygen atoms in total. The van der Waals surface area contributed by atoms with Gasteiger partial charge in [0.2, 0.25) is 0 Å². The molecule has 14 heavy (non-hydrogen) atoms. The number of rotatable bonds is 0. The predicted octanol–water partition coefficient (Wildman–Crippen LogP) is 2.26. The fourth-order valence-electron chi connectivity index (χ4n) is 1.73. The molecule has 2 radical (unpaired) electrons. The maximum atomic E-state index is 3.31. The third kappa shape index (κ3) is 1.61. The Morgan fingerprint density at radius 2 is 1.93 bits per heavy atom. The molecule has 0 aliphatic heterocycles. The number of H-pyrrole nitrogens is 1. The zero-order chi connectivity index (χ0) is 10.3. The molecular formula is C12H14AsN. The standard InChI is InChI=1S/C12H14AsN/c1-12(2,3)10-7-14-11-5-4-8(13)6-9(10)11/h4-7,14H,1-3H3. The van der Waals surface area contributed by atoms with Crippen LogP contribution in [0.2, 0.25) is 0 Å². The van der Waals surface area contributed by atoms with E-state index in [-0.39, 0.29) is 5.41 Å². The molecule has 0 spiro atoms. The molecule has 2 rings (SSSR count). The normalized spacial score (nSPS) is 12.3. The van der Waals surface area contributed by atoms with Gasteiger partial charge in [-0.1, -0.05) is 0 Å². The number of hydrogen-bond donors (Lipinski definition) is 1. The maximum absolute atomic E-state index is 3.31. The zero-order valence-electron chi connectivity index (χ0n) is 8.76. The molecule has 1 N–H and O–H groups in total. The molecule has 0 amide bonds. The van der Waals surface area contributed by atoms with E-state index in [0.29, 0.717) is 0 Å². The van der Waals surface area contributed by atoms with Crippen LogP contribution in [0, 0.1) is 0 Å². The van der Waals surface area contributed by atoms with Gasteiger partial charge in [0.05, 0.1) is 0 Å². The summed E-state index contributed by atoms with van der Waals surface area (Å²) in [4.78, 5) is 3.31. The van der Waals surface area contributed by atoms with Gasteiger partial charge in [-0.3, -0.25) is 0 Å². The summed E-state index contributed by atoms with van der Waals surface area (Å²) in [5, 5.41) is 1.34. The first kappa shape index (κ1) is 9.86. The van der Waals surface area contributed by atoms with Crippen LogP contribution in [0.5, 0.6) is 0 Å². The van der Waals surface area contributed by atoms with Crippen LogP contribution < -0.4 is 4.35 Å². The zero-order valence-corrected chi connectivity index (χ0v) is 10.6. The van der Waals surface area contributed by atoms with Gasteiger partial charge in [0.15, 0.2) is 0 Å². The van der Waals surface area contributed by atoms with Crippen molar-refractivity contribution in [3.05, 3.63) is 30.0 Å². The summed E-state index contributed by atoms with van der Waals surface area (Å²) in [5.74, 6) is 0. The Balaban J connectivity index is 2.73. The van der Waals surface area contributed by atoms with Crippen molar-refractivity contribution < 1.29 is 0 Å². The fraction of sp³-hybridized carbons (Fsp3) is 0.333.